The molecule has 1 N–H and O–H groups in total. The molecular weight excluding hydrogens is 282 g/mol. The summed E-state index contributed by atoms with van der Waals surface area (Å²) < 4.78 is 1.11. The molecule has 0 aliphatic carbocycles. The fourth-order valence-electron chi connectivity index (χ4n) is 2.09. The van der Waals surface area contributed by atoms with E-state index >= 15 is 0 Å². The summed E-state index contributed by atoms with van der Waals surface area (Å²) in [6.07, 6.45) is 0. The predicted molar refractivity (Wildman–Crippen MR) is 73.9 cm³/mol. The van der Waals surface area contributed by atoms with E-state index in [9.17, 15) is 14.4 Å². The van der Waals surface area contributed by atoms with Gasteiger partial charge in [-0.1, -0.05) is 0 Å². The molecule has 1 saturated heterocycles. The highest BCUT2D eigenvalue weighted by Crippen LogP contribution is 2.23. The molecule has 20 heavy (non-hydrogen) atoms. The zero-order valence-corrected chi connectivity index (χ0v) is 12.2. The number of thioether (sulfide) groups is 1. The van der Waals surface area contributed by atoms with Gasteiger partial charge in [-0.2, -0.15) is 5.10 Å². The first-order valence-corrected chi connectivity index (χ1v) is 7.16. The molecule has 1 aliphatic heterocycles. The first-order chi connectivity index (χ1) is 9.34. The second kappa shape index (κ2) is 5.28. The van der Waals surface area contributed by atoms with Crippen molar-refractivity contribution in [2.75, 3.05) is 11.6 Å². The minimum absolute atomic E-state index is 0.00810. The third-order valence-corrected chi connectivity index (χ3v) is 4.38. The van der Waals surface area contributed by atoms with Crippen LogP contribution in [0, 0.1) is 13.8 Å². The van der Waals surface area contributed by atoms with Crippen LogP contribution in [0.2, 0.25) is 0 Å². The van der Waals surface area contributed by atoms with Crippen LogP contribution in [-0.2, 0) is 11.8 Å². The zero-order valence-electron chi connectivity index (χ0n) is 11.4. The molecule has 0 bridgehead atoms. The highest BCUT2D eigenvalue weighted by molar-refractivity contribution is 7.99. The van der Waals surface area contributed by atoms with E-state index in [-0.39, 0.29) is 11.4 Å². The van der Waals surface area contributed by atoms with Gasteiger partial charge in [0.25, 0.3) is 11.5 Å². The Morgan fingerprint density at radius 3 is 2.65 bits per heavy atom. The van der Waals surface area contributed by atoms with Crippen LogP contribution >= 0.6 is 11.8 Å². The number of aryl methyl sites for hydroxylation is 2. The SMILES string of the molecule is Cc1nn(C)c(=O)c(C(=O)N2CSC[C@H]2C(=O)O)c1C. The number of carboxylic acids is 1. The van der Waals surface area contributed by atoms with Gasteiger partial charge in [0.05, 0.1) is 11.6 Å². The van der Waals surface area contributed by atoms with Crippen molar-refractivity contribution in [2.45, 2.75) is 19.9 Å². The third-order valence-electron chi connectivity index (χ3n) is 3.37. The molecule has 1 amide bonds. The summed E-state index contributed by atoms with van der Waals surface area (Å²) in [4.78, 5) is 37.0. The Kier molecular flexibility index (Phi) is 3.85. The molecule has 2 heterocycles. The molecule has 2 rings (SSSR count). The van der Waals surface area contributed by atoms with Gasteiger partial charge in [0.1, 0.15) is 11.6 Å². The smallest absolute Gasteiger partial charge is 0.327 e. The molecule has 1 aromatic rings. The molecule has 108 valence electrons. The van der Waals surface area contributed by atoms with E-state index in [2.05, 4.69) is 5.10 Å². The summed E-state index contributed by atoms with van der Waals surface area (Å²) in [6.45, 7) is 3.36. The summed E-state index contributed by atoms with van der Waals surface area (Å²) >= 11 is 1.36. The molecular formula is C12H15N3O4S. The van der Waals surface area contributed by atoms with Crippen molar-refractivity contribution in [3.8, 4) is 0 Å². The first-order valence-electron chi connectivity index (χ1n) is 6.00. The number of carbonyl (C=O) groups is 2. The Hall–Kier alpha value is -1.83. The average Bonchev–Trinajstić information content (AvgIpc) is 2.86. The number of rotatable bonds is 2. The lowest BCUT2D eigenvalue weighted by atomic mass is 10.1. The number of aromatic nitrogens is 2. The number of hydrogen-bond acceptors (Lipinski definition) is 5. The standard InChI is InChI=1S/C12H15N3O4S/c1-6-7(2)13-14(3)10(16)9(6)11(17)15-5-20-4-8(15)12(18)19/h8H,4-5H2,1-3H3,(H,18,19)/t8-/m0/s1. The lowest BCUT2D eigenvalue weighted by Gasteiger charge is -2.21. The maximum atomic E-state index is 12.5. The fraction of sp³-hybridized carbons (Fsp3) is 0.500. The van der Waals surface area contributed by atoms with Crippen LogP contribution in [0.25, 0.3) is 0 Å². The normalized spacial score (nSPS) is 18.4. The Morgan fingerprint density at radius 2 is 2.05 bits per heavy atom. The number of carboxylic acid groups (broad SMARTS) is 1. The van der Waals surface area contributed by atoms with Crippen LogP contribution < -0.4 is 5.56 Å². The van der Waals surface area contributed by atoms with Crippen LogP contribution in [0.3, 0.4) is 0 Å². The van der Waals surface area contributed by atoms with Crippen molar-refractivity contribution in [3.05, 3.63) is 27.2 Å². The van der Waals surface area contributed by atoms with Gasteiger partial charge in [0.2, 0.25) is 0 Å². The molecule has 1 aromatic heterocycles. The molecule has 0 radical (unpaired) electrons. The van der Waals surface area contributed by atoms with Crippen molar-refractivity contribution < 1.29 is 14.7 Å². The number of carbonyl (C=O) groups excluding carboxylic acids is 1. The van der Waals surface area contributed by atoms with E-state index in [0.717, 1.165) is 4.68 Å². The third kappa shape index (κ3) is 2.31. The van der Waals surface area contributed by atoms with Gasteiger partial charge in [-0.05, 0) is 19.4 Å². The summed E-state index contributed by atoms with van der Waals surface area (Å²) in [6, 6.07) is -0.884. The van der Waals surface area contributed by atoms with Gasteiger partial charge in [-0.25, -0.2) is 9.48 Å². The number of nitrogens with zero attached hydrogens (tertiary/aromatic N) is 3. The topological polar surface area (TPSA) is 92.5 Å². The van der Waals surface area contributed by atoms with Crippen molar-refractivity contribution in [3.63, 3.8) is 0 Å². The average molecular weight is 297 g/mol. The molecule has 0 spiro atoms. The van der Waals surface area contributed by atoms with E-state index < -0.39 is 23.5 Å². The highest BCUT2D eigenvalue weighted by atomic mass is 32.2. The molecule has 7 nitrogen and oxygen atoms in total. The Balaban J connectivity index is 2.49. The number of hydrogen-bond donors (Lipinski definition) is 1. The van der Waals surface area contributed by atoms with Crippen molar-refractivity contribution in [1.82, 2.24) is 14.7 Å². The van der Waals surface area contributed by atoms with Crippen molar-refractivity contribution in [1.29, 1.82) is 0 Å². The molecule has 0 unspecified atom stereocenters. The van der Waals surface area contributed by atoms with Crippen molar-refractivity contribution in [2.24, 2.45) is 7.05 Å². The minimum atomic E-state index is -1.05. The Morgan fingerprint density at radius 1 is 1.40 bits per heavy atom. The second-order valence-electron chi connectivity index (χ2n) is 4.64. The molecule has 1 fully saturated rings. The minimum Gasteiger partial charge on any atom is -0.480 e. The van der Waals surface area contributed by atoms with Gasteiger partial charge in [-0.3, -0.25) is 9.59 Å². The summed E-state index contributed by atoms with van der Waals surface area (Å²) in [7, 11) is 1.47. The van der Waals surface area contributed by atoms with Crippen LogP contribution in [-0.4, -0.2) is 49.3 Å². The lowest BCUT2D eigenvalue weighted by molar-refractivity contribution is -0.140. The van der Waals surface area contributed by atoms with Crippen LogP contribution in [0.4, 0.5) is 0 Å². The zero-order chi connectivity index (χ0) is 15.0. The van der Waals surface area contributed by atoms with Gasteiger partial charge in [0.15, 0.2) is 0 Å². The van der Waals surface area contributed by atoms with Gasteiger partial charge in [0, 0.05) is 12.8 Å². The maximum absolute atomic E-state index is 12.5. The molecule has 8 heteroatoms. The van der Waals surface area contributed by atoms with E-state index in [0.29, 0.717) is 17.0 Å². The van der Waals surface area contributed by atoms with E-state index in [4.69, 9.17) is 5.11 Å². The summed E-state index contributed by atoms with van der Waals surface area (Å²) in [5, 5.41) is 13.1. The van der Waals surface area contributed by atoms with Crippen LogP contribution in [0.15, 0.2) is 4.79 Å². The summed E-state index contributed by atoms with van der Waals surface area (Å²) in [5.74, 6) is -0.973. The predicted octanol–water partition coefficient (Wildman–Crippen LogP) is -0.00316. The Bertz CT molecular complexity index is 640. The lowest BCUT2D eigenvalue weighted by Crippen LogP contribution is -2.44. The molecule has 0 saturated carbocycles. The number of amides is 1. The molecule has 1 aliphatic rings. The van der Waals surface area contributed by atoms with Gasteiger partial charge < -0.3 is 10.0 Å². The highest BCUT2D eigenvalue weighted by Gasteiger charge is 2.36. The fourth-order valence-corrected chi connectivity index (χ4v) is 3.24. The van der Waals surface area contributed by atoms with Crippen molar-refractivity contribution >= 4 is 23.6 Å². The monoisotopic (exact) mass is 297 g/mol. The van der Waals surface area contributed by atoms with E-state index in [1.165, 1.54) is 23.7 Å². The van der Waals surface area contributed by atoms with Gasteiger partial charge in [-0.15, -0.1) is 11.8 Å². The maximum Gasteiger partial charge on any atom is 0.327 e. The van der Waals surface area contributed by atoms with Crippen LogP contribution in [0.5, 0.6) is 0 Å². The van der Waals surface area contributed by atoms with Crippen LogP contribution in [0.1, 0.15) is 21.6 Å². The molecule has 0 aromatic carbocycles. The molecule has 1 atom stereocenters. The largest absolute Gasteiger partial charge is 0.480 e. The Labute approximate surface area is 119 Å². The second-order valence-corrected chi connectivity index (χ2v) is 5.64. The number of aliphatic carboxylic acids is 1. The first kappa shape index (κ1) is 14.6. The quantitative estimate of drug-likeness (QED) is 0.826. The van der Waals surface area contributed by atoms with Gasteiger partial charge >= 0.3 is 5.97 Å². The summed E-state index contributed by atoms with van der Waals surface area (Å²) in [5.41, 5.74) is 0.584. The van der Waals surface area contributed by atoms with E-state index in [1.807, 2.05) is 0 Å². The van der Waals surface area contributed by atoms with E-state index in [1.54, 1.807) is 13.8 Å².